The highest BCUT2D eigenvalue weighted by Crippen LogP contribution is 2.19. The molecule has 1 unspecified atom stereocenters. The van der Waals surface area contributed by atoms with E-state index in [1.165, 1.54) is 0 Å². The summed E-state index contributed by atoms with van der Waals surface area (Å²) in [7, 11) is 0. The summed E-state index contributed by atoms with van der Waals surface area (Å²) in [5.74, 6) is 1.73. The number of anilines is 4. The van der Waals surface area contributed by atoms with Crippen molar-refractivity contribution in [2.24, 2.45) is 0 Å². The van der Waals surface area contributed by atoms with E-state index in [2.05, 4.69) is 25.9 Å². The van der Waals surface area contributed by atoms with E-state index in [1.807, 2.05) is 74.5 Å². The molecule has 0 bridgehead atoms. The zero-order chi connectivity index (χ0) is 20.6. The predicted octanol–water partition coefficient (Wildman–Crippen LogP) is 4.37. The largest absolute Gasteiger partial charge is 0.481 e. The molecule has 0 aliphatic rings. The van der Waals surface area contributed by atoms with Crippen LogP contribution in [0.15, 0.2) is 60.7 Å². The maximum atomic E-state index is 12.4. The Morgan fingerprint density at radius 3 is 2.41 bits per heavy atom. The predicted molar refractivity (Wildman–Crippen MR) is 116 cm³/mol. The van der Waals surface area contributed by atoms with Gasteiger partial charge in [0.1, 0.15) is 11.6 Å². The van der Waals surface area contributed by atoms with Crippen LogP contribution in [0.4, 0.5) is 23.1 Å². The summed E-state index contributed by atoms with van der Waals surface area (Å²) in [5.41, 5.74) is 2.38. The van der Waals surface area contributed by atoms with Gasteiger partial charge in [-0.05, 0) is 57.2 Å². The van der Waals surface area contributed by atoms with Gasteiger partial charge in [0.25, 0.3) is 5.91 Å². The number of nitrogens with one attached hydrogen (secondary N) is 3. The lowest BCUT2D eigenvalue weighted by Gasteiger charge is -2.15. The summed E-state index contributed by atoms with van der Waals surface area (Å²) in [6.07, 6.45) is -0.611. The normalized spacial score (nSPS) is 11.4. The summed E-state index contributed by atoms with van der Waals surface area (Å²) in [5, 5.41) is 9.22. The average Bonchev–Trinajstić information content (AvgIpc) is 2.70. The van der Waals surface area contributed by atoms with Crippen molar-refractivity contribution >= 4 is 29.0 Å². The molecule has 1 heterocycles. The molecule has 29 heavy (non-hydrogen) atoms. The van der Waals surface area contributed by atoms with Crippen molar-refractivity contribution in [3.05, 3.63) is 66.4 Å². The molecule has 2 aromatic carbocycles. The summed E-state index contributed by atoms with van der Waals surface area (Å²) in [6.45, 7) is 6.44. The van der Waals surface area contributed by atoms with Crippen molar-refractivity contribution in [1.29, 1.82) is 0 Å². The van der Waals surface area contributed by atoms with Gasteiger partial charge in [-0.1, -0.05) is 18.2 Å². The number of hydrogen-bond acceptors (Lipinski definition) is 6. The van der Waals surface area contributed by atoms with Crippen LogP contribution in [-0.2, 0) is 4.79 Å². The summed E-state index contributed by atoms with van der Waals surface area (Å²) in [6, 6.07) is 18.5. The first-order chi connectivity index (χ1) is 14.0. The van der Waals surface area contributed by atoms with Gasteiger partial charge < -0.3 is 20.7 Å². The number of hydrogen-bond donors (Lipinski definition) is 3. The van der Waals surface area contributed by atoms with Crippen molar-refractivity contribution in [2.75, 3.05) is 22.5 Å². The van der Waals surface area contributed by atoms with E-state index >= 15 is 0 Å². The van der Waals surface area contributed by atoms with Crippen LogP contribution in [0.1, 0.15) is 19.5 Å². The Hall–Kier alpha value is -3.61. The first-order valence-electron chi connectivity index (χ1n) is 9.52. The third kappa shape index (κ3) is 5.93. The first-order valence-corrected chi connectivity index (χ1v) is 9.52. The molecule has 1 aromatic heterocycles. The fourth-order valence-electron chi connectivity index (χ4n) is 2.66. The van der Waals surface area contributed by atoms with Gasteiger partial charge in [0.15, 0.2) is 6.10 Å². The molecule has 0 aliphatic carbocycles. The molecule has 0 aliphatic heterocycles. The smallest absolute Gasteiger partial charge is 0.265 e. The zero-order valence-corrected chi connectivity index (χ0v) is 16.8. The van der Waals surface area contributed by atoms with Crippen molar-refractivity contribution in [2.45, 2.75) is 26.9 Å². The average molecular weight is 391 g/mol. The van der Waals surface area contributed by atoms with Crippen LogP contribution in [0.25, 0.3) is 0 Å². The van der Waals surface area contributed by atoms with Gasteiger partial charge in [0.05, 0.1) is 0 Å². The van der Waals surface area contributed by atoms with E-state index in [4.69, 9.17) is 4.74 Å². The number of ether oxygens (including phenoxy) is 1. The van der Waals surface area contributed by atoms with Crippen molar-refractivity contribution in [3.63, 3.8) is 0 Å². The topological polar surface area (TPSA) is 88.2 Å². The van der Waals surface area contributed by atoms with Crippen LogP contribution >= 0.6 is 0 Å². The van der Waals surface area contributed by atoms with E-state index in [-0.39, 0.29) is 5.91 Å². The molecule has 0 radical (unpaired) electrons. The molecule has 0 saturated heterocycles. The highest BCUT2D eigenvalue weighted by Gasteiger charge is 2.14. The minimum Gasteiger partial charge on any atom is -0.481 e. The Labute approximate surface area is 170 Å². The van der Waals surface area contributed by atoms with Gasteiger partial charge in [0, 0.05) is 29.7 Å². The van der Waals surface area contributed by atoms with Crippen LogP contribution < -0.4 is 20.7 Å². The van der Waals surface area contributed by atoms with E-state index in [0.29, 0.717) is 17.4 Å². The Kier molecular flexibility index (Phi) is 6.63. The number of aromatic nitrogens is 2. The molecule has 0 spiro atoms. The maximum absolute atomic E-state index is 12.4. The molecule has 150 valence electrons. The number of aryl methyl sites for hydroxylation is 1. The third-order valence-corrected chi connectivity index (χ3v) is 4.05. The zero-order valence-electron chi connectivity index (χ0n) is 16.8. The quantitative estimate of drug-likeness (QED) is 0.529. The van der Waals surface area contributed by atoms with Gasteiger partial charge in [0.2, 0.25) is 5.95 Å². The van der Waals surface area contributed by atoms with E-state index in [0.717, 1.165) is 23.7 Å². The lowest BCUT2D eigenvalue weighted by atomic mass is 10.2. The highest BCUT2D eigenvalue weighted by atomic mass is 16.5. The van der Waals surface area contributed by atoms with Crippen LogP contribution in [0, 0.1) is 6.92 Å². The molecule has 0 fully saturated rings. The fraction of sp³-hybridized carbons (Fsp3) is 0.227. The Balaban J connectivity index is 1.59. The lowest BCUT2D eigenvalue weighted by Crippen LogP contribution is -2.30. The molecule has 1 amide bonds. The maximum Gasteiger partial charge on any atom is 0.265 e. The Morgan fingerprint density at radius 1 is 1.03 bits per heavy atom. The lowest BCUT2D eigenvalue weighted by molar-refractivity contribution is -0.122. The molecular weight excluding hydrogens is 366 g/mol. The number of amides is 1. The summed E-state index contributed by atoms with van der Waals surface area (Å²) >= 11 is 0. The molecule has 3 rings (SSSR count). The van der Waals surface area contributed by atoms with Crippen LogP contribution in [-0.4, -0.2) is 28.5 Å². The van der Waals surface area contributed by atoms with Crippen molar-refractivity contribution in [1.82, 2.24) is 9.97 Å². The number of carbonyl (C=O) groups excluding carboxylic acids is 1. The van der Waals surface area contributed by atoms with Crippen LogP contribution in [0.3, 0.4) is 0 Å². The minimum atomic E-state index is -0.611. The van der Waals surface area contributed by atoms with Gasteiger partial charge in [-0.15, -0.1) is 0 Å². The van der Waals surface area contributed by atoms with Gasteiger partial charge in [-0.2, -0.15) is 4.98 Å². The van der Waals surface area contributed by atoms with Crippen molar-refractivity contribution < 1.29 is 9.53 Å². The third-order valence-electron chi connectivity index (χ3n) is 4.05. The first kappa shape index (κ1) is 20.1. The van der Waals surface area contributed by atoms with E-state index in [9.17, 15) is 4.79 Å². The molecular formula is C22H25N5O2. The SMILES string of the molecule is CCNc1cc(C)nc(Nc2ccc(NC(=O)C(C)Oc3ccccc3)cc2)n1. The Morgan fingerprint density at radius 2 is 1.72 bits per heavy atom. The second-order valence-electron chi connectivity index (χ2n) is 6.51. The molecule has 3 aromatic rings. The fourth-order valence-corrected chi connectivity index (χ4v) is 2.66. The minimum absolute atomic E-state index is 0.216. The highest BCUT2D eigenvalue weighted by molar-refractivity contribution is 5.94. The summed E-state index contributed by atoms with van der Waals surface area (Å²) in [4.78, 5) is 21.2. The monoisotopic (exact) mass is 391 g/mol. The second kappa shape index (κ2) is 9.54. The Bertz CT molecular complexity index is 945. The van der Waals surface area contributed by atoms with Crippen molar-refractivity contribution in [3.8, 4) is 5.75 Å². The number of nitrogens with zero attached hydrogens (tertiary/aromatic N) is 2. The van der Waals surface area contributed by atoms with Gasteiger partial charge in [-0.3, -0.25) is 4.79 Å². The number of rotatable bonds is 8. The van der Waals surface area contributed by atoms with Gasteiger partial charge in [-0.25, -0.2) is 4.98 Å². The van der Waals surface area contributed by atoms with E-state index < -0.39 is 6.10 Å². The molecule has 7 heteroatoms. The second-order valence-corrected chi connectivity index (χ2v) is 6.51. The van der Waals surface area contributed by atoms with E-state index in [1.54, 1.807) is 6.92 Å². The standard InChI is InChI=1S/C22H25N5O2/c1-4-23-20-14-15(2)24-22(27-20)26-18-12-10-17(11-13-18)25-21(28)16(3)29-19-8-6-5-7-9-19/h5-14,16H,4H2,1-3H3,(H,25,28)(H2,23,24,26,27). The molecule has 3 N–H and O–H groups in total. The number of benzene rings is 2. The molecule has 7 nitrogen and oxygen atoms in total. The van der Waals surface area contributed by atoms with Crippen LogP contribution in [0.5, 0.6) is 5.75 Å². The molecule has 0 saturated carbocycles. The van der Waals surface area contributed by atoms with Gasteiger partial charge >= 0.3 is 0 Å². The molecule has 1 atom stereocenters. The van der Waals surface area contributed by atoms with Crippen LogP contribution in [0.2, 0.25) is 0 Å². The number of carbonyl (C=O) groups is 1. The number of para-hydroxylation sites is 1. The summed E-state index contributed by atoms with van der Waals surface area (Å²) < 4.78 is 5.65.